The molecule has 0 aliphatic heterocycles. The number of rotatable bonds is 8. The van der Waals surface area contributed by atoms with Crippen LogP contribution < -0.4 is 10.1 Å². The zero-order valence-electron chi connectivity index (χ0n) is 23.7. The first-order valence-electron chi connectivity index (χ1n) is 14.0. The van der Waals surface area contributed by atoms with Crippen LogP contribution in [-0.2, 0) is 20.8 Å². The molecule has 8 nitrogen and oxygen atoms in total. The van der Waals surface area contributed by atoms with Gasteiger partial charge in [-0.05, 0) is 106 Å². The maximum Gasteiger partial charge on any atom is 0.325 e. The number of nitrogens with zero attached hydrogens (tertiary/aromatic N) is 3. The quantitative estimate of drug-likeness (QED) is 0.267. The van der Waals surface area contributed by atoms with Crippen LogP contribution in [0, 0.1) is 30.1 Å². The van der Waals surface area contributed by atoms with Crippen molar-refractivity contribution in [2.75, 3.05) is 33.1 Å². The fourth-order valence-electron chi connectivity index (χ4n) is 7.55. The van der Waals surface area contributed by atoms with Crippen LogP contribution in [0.1, 0.15) is 67.4 Å². The number of hydrogen-bond donors (Lipinski definition) is 1. The number of nitrogens with one attached hydrogen (secondary N) is 1. The lowest BCUT2D eigenvalue weighted by Crippen LogP contribution is -2.44. The van der Waals surface area contributed by atoms with Gasteiger partial charge < -0.3 is 14.9 Å². The monoisotopic (exact) mass is 552 g/mol. The number of benzene rings is 1. The number of amides is 1. The Morgan fingerprint density at radius 2 is 2.10 bits per heavy atom. The van der Waals surface area contributed by atoms with Crippen LogP contribution in [0.15, 0.2) is 29.6 Å². The molecule has 0 bridgehead atoms. The van der Waals surface area contributed by atoms with Crippen LogP contribution in [0.5, 0.6) is 5.75 Å². The Morgan fingerprint density at radius 1 is 1.28 bits per heavy atom. The second-order valence-corrected chi connectivity index (χ2v) is 13.1. The average Bonchev–Trinajstić information content (AvgIpc) is 3.41. The van der Waals surface area contributed by atoms with Gasteiger partial charge in [-0.15, -0.1) is 11.3 Å². The lowest BCUT2D eigenvalue weighted by atomic mass is 9.54. The summed E-state index contributed by atoms with van der Waals surface area (Å²) in [5.41, 5.74) is 3.84. The molecule has 1 aromatic carbocycles. The molecule has 9 heteroatoms. The molecule has 1 amide bonds. The van der Waals surface area contributed by atoms with Crippen LogP contribution in [0.4, 0.5) is 5.13 Å². The third-order valence-corrected chi connectivity index (χ3v) is 9.89. The highest BCUT2D eigenvalue weighted by Crippen LogP contribution is 2.62. The number of anilines is 1. The van der Waals surface area contributed by atoms with Crippen molar-refractivity contribution in [3.05, 3.63) is 40.4 Å². The lowest BCUT2D eigenvalue weighted by molar-refractivity contribution is -0.135. The van der Waals surface area contributed by atoms with Gasteiger partial charge in [0.1, 0.15) is 12.9 Å². The number of carbonyl (C=O) groups is 2. The molecule has 0 spiro atoms. The predicted molar refractivity (Wildman–Crippen MR) is 153 cm³/mol. The van der Waals surface area contributed by atoms with Gasteiger partial charge in [-0.2, -0.15) is 0 Å². The summed E-state index contributed by atoms with van der Waals surface area (Å²) >= 11 is 1.51. The fraction of sp³-hybridized carbons (Fsp3) is 0.600. The van der Waals surface area contributed by atoms with E-state index < -0.39 is 0 Å². The number of aromatic nitrogens is 1. The number of fused-ring (bicyclic) bond motifs is 5. The normalized spacial score (nSPS) is 28.5. The molecule has 0 radical (unpaired) electrons. The maximum absolute atomic E-state index is 12.8. The van der Waals surface area contributed by atoms with Crippen LogP contribution in [0.25, 0.3) is 0 Å². The minimum absolute atomic E-state index is 0.0100. The minimum Gasteiger partial charge on any atom is -0.426 e. The fourth-order valence-corrected chi connectivity index (χ4v) is 8.23. The van der Waals surface area contributed by atoms with E-state index in [1.807, 2.05) is 32.0 Å². The highest BCUT2D eigenvalue weighted by Gasteiger charge is 2.57. The second kappa shape index (κ2) is 11.4. The number of oxime groups is 1. The zero-order chi connectivity index (χ0) is 27.7. The molecule has 39 heavy (non-hydrogen) atoms. The number of esters is 1. The van der Waals surface area contributed by atoms with E-state index in [0.717, 1.165) is 49.1 Å². The van der Waals surface area contributed by atoms with Crippen LogP contribution >= 0.6 is 11.3 Å². The molecular weight excluding hydrogens is 512 g/mol. The van der Waals surface area contributed by atoms with E-state index in [9.17, 15) is 9.59 Å². The van der Waals surface area contributed by atoms with Crippen molar-refractivity contribution in [3.63, 3.8) is 0 Å². The molecule has 3 aliphatic rings. The Hall–Kier alpha value is -2.78. The third kappa shape index (κ3) is 5.75. The van der Waals surface area contributed by atoms with Gasteiger partial charge in [0.2, 0.25) is 5.91 Å². The van der Waals surface area contributed by atoms with Gasteiger partial charge in [-0.3, -0.25) is 14.5 Å². The molecule has 1 aromatic heterocycles. The minimum atomic E-state index is -0.241. The number of likely N-dealkylation sites (N-methyl/N-ethyl adjacent to an activating group) is 1. The van der Waals surface area contributed by atoms with Gasteiger partial charge in [0.15, 0.2) is 5.13 Å². The molecule has 1 heterocycles. The van der Waals surface area contributed by atoms with Gasteiger partial charge >= 0.3 is 5.97 Å². The first-order chi connectivity index (χ1) is 18.7. The SMILES string of the molecule is CO/N=C1\C[C@@H](CCC(=O)Nc2ncc(C)s2)C2C3CCc4cc(OC(=O)CN(C)C)ccc4C3CC[C@]12C. The maximum atomic E-state index is 12.8. The Kier molecular flexibility index (Phi) is 8.10. The third-order valence-electron chi connectivity index (χ3n) is 9.06. The molecule has 3 unspecified atom stereocenters. The molecule has 5 atom stereocenters. The van der Waals surface area contributed by atoms with Gasteiger partial charge in [0, 0.05) is 22.9 Å². The summed E-state index contributed by atoms with van der Waals surface area (Å²) < 4.78 is 5.62. The first kappa shape index (κ1) is 27.8. The van der Waals surface area contributed by atoms with Crippen molar-refractivity contribution in [1.29, 1.82) is 0 Å². The lowest BCUT2D eigenvalue weighted by Gasteiger charge is -2.50. The Balaban J connectivity index is 1.33. The second-order valence-electron chi connectivity index (χ2n) is 11.9. The summed E-state index contributed by atoms with van der Waals surface area (Å²) in [4.78, 5) is 37.5. The van der Waals surface area contributed by atoms with Crippen molar-refractivity contribution in [3.8, 4) is 5.75 Å². The summed E-state index contributed by atoms with van der Waals surface area (Å²) in [5.74, 6) is 2.25. The molecule has 1 N–H and O–H groups in total. The largest absolute Gasteiger partial charge is 0.426 e. The van der Waals surface area contributed by atoms with E-state index in [0.29, 0.717) is 41.0 Å². The van der Waals surface area contributed by atoms with Crippen molar-refractivity contribution >= 4 is 34.1 Å². The van der Waals surface area contributed by atoms with Crippen molar-refractivity contribution in [1.82, 2.24) is 9.88 Å². The van der Waals surface area contributed by atoms with Crippen LogP contribution in [0.3, 0.4) is 0 Å². The summed E-state index contributed by atoms with van der Waals surface area (Å²) in [7, 11) is 5.35. The number of carbonyl (C=O) groups excluding carboxylic acids is 2. The van der Waals surface area contributed by atoms with Crippen LogP contribution in [0.2, 0.25) is 0 Å². The van der Waals surface area contributed by atoms with Gasteiger partial charge in [0.05, 0.1) is 12.3 Å². The Labute approximate surface area is 235 Å². The Morgan fingerprint density at radius 3 is 2.82 bits per heavy atom. The number of hydrogen-bond acceptors (Lipinski definition) is 8. The smallest absolute Gasteiger partial charge is 0.325 e. The molecule has 5 rings (SSSR count). The molecule has 0 saturated heterocycles. The summed E-state index contributed by atoms with van der Waals surface area (Å²) in [5, 5.41) is 8.17. The Bertz CT molecular complexity index is 1260. The van der Waals surface area contributed by atoms with E-state index in [-0.39, 0.29) is 23.8 Å². The van der Waals surface area contributed by atoms with E-state index in [2.05, 4.69) is 34.5 Å². The summed E-state index contributed by atoms with van der Waals surface area (Å²) in [6, 6.07) is 6.21. The molecule has 2 aromatic rings. The highest BCUT2D eigenvalue weighted by molar-refractivity contribution is 7.15. The highest BCUT2D eigenvalue weighted by atomic mass is 32.1. The van der Waals surface area contributed by atoms with Gasteiger partial charge in [0.25, 0.3) is 0 Å². The zero-order valence-corrected chi connectivity index (χ0v) is 24.5. The van der Waals surface area contributed by atoms with Crippen molar-refractivity contribution < 1.29 is 19.2 Å². The van der Waals surface area contributed by atoms with Crippen molar-refractivity contribution in [2.24, 2.45) is 28.3 Å². The van der Waals surface area contributed by atoms with Gasteiger partial charge in [-0.25, -0.2) is 4.98 Å². The summed E-state index contributed by atoms with van der Waals surface area (Å²) in [6.07, 6.45) is 8.20. The molecular formula is C30H40N4O4S. The number of thiazole rings is 1. The first-order valence-corrected chi connectivity index (χ1v) is 14.8. The van der Waals surface area contributed by atoms with E-state index >= 15 is 0 Å². The topological polar surface area (TPSA) is 93.1 Å². The standard InChI is InChI=1S/C30H40N4O4S/c1-18-16-31-29(39-18)32-26(35)11-7-20-15-25(33-37-5)30(2)13-12-23-22-10-8-21(38-27(36)17-34(3)4)14-19(22)6-9-24(23)28(20)30/h8,10,14,16,20,23-24,28H,6-7,9,11-13,15,17H2,1-5H3,(H,31,32,35)/b33-25+/t20-,23?,24?,28?,30-/m1/s1. The number of ether oxygens (including phenoxy) is 1. The molecule has 210 valence electrons. The summed E-state index contributed by atoms with van der Waals surface area (Å²) in [6.45, 7) is 4.62. The predicted octanol–water partition coefficient (Wildman–Crippen LogP) is 5.42. The molecule has 2 saturated carbocycles. The van der Waals surface area contributed by atoms with Crippen molar-refractivity contribution in [2.45, 2.75) is 64.7 Å². The molecule has 3 aliphatic carbocycles. The number of aryl methyl sites for hydroxylation is 2. The average molecular weight is 553 g/mol. The van der Waals surface area contributed by atoms with E-state index in [1.165, 1.54) is 22.5 Å². The van der Waals surface area contributed by atoms with E-state index in [1.54, 1.807) is 13.3 Å². The molecule has 2 fully saturated rings. The van der Waals surface area contributed by atoms with Gasteiger partial charge in [-0.1, -0.05) is 18.1 Å². The van der Waals surface area contributed by atoms with Crippen LogP contribution in [-0.4, -0.2) is 55.2 Å². The van der Waals surface area contributed by atoms with E-state index in [4.69, 9.17) is 9.57 Å².